The van der Waals surface area contributed by atoms with Gasteiger partial charge in [-0.2, -0.15) is 0 Å². The summed E-state index contributed by atoms with van der Waals surface area (Å²) in [6.45, 7) is 7.22. The summed E-state index contributed by atoms with van der Waals surface area (Å²) in [6.07, 6.45) is 2.17. The smallest absolute Gasteiger partial charge is 0.119 e. The highest BCUT2D eigenvalue weighted by Crippen LogP contribution is 2.21. The van der Waals surface area contributed by atoms with E-state index in [2.05, 4.69) is 43.4 Å². The summed E-state index contributed by atoms with van der Waals surface area (Å²) in [5.41, 5.74) is 1.38. The van der Waals surface area contributed by atoms with Crippen molar-refractivity contribution in [1.29, 1.82) is 0 Å². The first-order valence-electron chi connectivity index (χ1n) is 6.93. The topological polar surface area (TPSA) is 46.1 Å². The predicted octanol–water partition coefficient (Wildman–Crippen LogP) is 1.52. The van der Waals surface area contributed by atoms with Crippen molar-refractivity contribution in [3.8, 4) is 5.75 Å². The van der Waals surface area contributed by atoms with Crippen molar-refractivity contribution in [1.82, 2.24) is 0 Å². The van der Waals surface area contributed by atoms with Crippen molar-refractivity contribution < 1.29 is 15.2 Å². The Labute approximate surface area is 110 Å². The van der Waals surface area contributed by atoms with Crippen LogP contribution in [0.15, 0.2) is 24.3 Å². The van der Waals surface area contributed by atoms with Crippen LogP contribution in [-0.2, 0) is 0 Å². The molecular weight excluding hydrogens is 226 g/mol. The third-order valence-corrected chi connectivity index (χ3v) is 3.22. The molecule has 0 aliphatic rings. The molecule has 0 spiro atoms. The van der Waals surface area contributed by atoms with Gasteiger partial charge in [0.15, 0.2) is 0 Å². The third kappa shape index (κ3) is 5.52. The second kappa shape index (κ2) is 8.95. The van der Waals surface area contributed by atoms with Crippen LogP contribution in [0.5, 0.6) is 5.75 Å². The van der Waals surface area contributed by atoms with Crippen LogP contribution >= 0.6 is 0 Å². The summed E-state index contributed by atoms with van der Waals surface area (Å²) in [5.74, 6) is 1.57. The van der Waals surface area contributed by atoms with Crippen molar-refractivity contribution in [3.63, 3.8) is 0 Å². The molecule has 0 heterocycles. The SMILES string of the molecule is CC[C@H](C)c1ccc(OCCC[NH2+]CCO)cc1. The first-order valence-corrected chi connectivity index (χ1v) is 6.93. The van der Waals surface area contributed by atoms with E-state index in [0.29, 0.717) is 5.92 Å². The molecule has 0 aliphatic heterocycles. The summed E-state index contributed by atoms with van der Waals surface area (Å²) < 4.78 is 5.67. The Bertz CT molecular complexity index is 311. The number of aliphatic hydroxyl groups excluding tert-OH is 1. The van der Waals surface area contributed by atoms with Crippen molar-refractivity contribution in [2.24, 2.45) is 0 Å². The molecule has 1 aromatic rings. The van der Waals surface area contributed by atoms with E-state index >= 15 is 0 Å². The van der Waals surface area contributed by atoms with Gasteiger partial charge in [0.1, 0.15) is 5.75 Å². The zero-order valence-corrected chi connectivity index (χ0v) is 11.6. The molecule has 0 radical (unpaired) electrons. The van der Waals surface area contributed by atoms with E-state index in [9.17, 15) is 0 Å². The van der Waals surface area contributed by atoms with Crippen LogP contribution in [0.4, 0.5) is 0 Å². The molecule has 0 aromatic heterocycles. The van der Waals surface area contributed by atoms with Gasteiger partial charge in [0.2, 0.25) is 0 Å². The highest BCUT2D eigenvalue weighted by atomic mass is 16.5. The molecular formula is C15H26NO2+. The third-order valence-electron chi connectivity index (χ3n) is 3.22. The van der Waals surface area contributed by atoms with Gasteiger partial charge < -0.3 is 15.2 Å². The van der Waals surface area contributed by atoms with Crippen LogP contribution in [0.1, 0.15) is 38.2 Å². The average Bonchev–Trinajstić information content (AvgIpc) is 2.42. The first kappa shape index (κ1) is 15.0. The number of hydrogen-bond acceptors (Lipinski definition) is 2. The lowest BCUT2D eigenvalue weighted by atomic mass is 9.99. The van der Waals surface area contributed by atoms with Gasteiger partial charge in [0, 0.05) is 6.42 Å². The van der Waals surface area contributed by atoms with E-state index in [-0.39, 0.29) is 6.61 Å². The maximum absolute atomic E-state index is 8.63. The number of aliphatic hydroxyl groups is 1. The Morgan fingerprint density at radius 2 is 1.94 bits per heavy atom. The fourth-order valence-corrected chi connectivity index (χ4v) is 1.78. The monoisotopic (exact) mass is 252 g/mol. The van der Waals surface area contributed by atoms with Crippen molar-refractivity contribution >= 4 is 0 Å². The normalized spacial score (nSPS) is 12.4. The molecule has 0 aliphatic carbocycles. The molecule has 0 unspecified atom stereocenters. The number of rotatable bonds is 9. The highest BCUT2D eigenvalue weighted by Gasteiger charge is 2.02. The molecule has 0 fully saturated rings. The molecule has 0 bridgehead atoms. The Balaban J connectivity index is 2.22. The lowest BCUT2D eigenvalue weighted by molar-refractivity contribution is -0.656. The van der Waals surface area contributed by atoms with Gasteiger partial charge in [-0.1, -0.05) is 26.0 Å². The number of ether oxygens (including phenoxy) is 1. The standard InChI is InChI=1S/C15H25NO2/c1-3-13(2)14-5-7-15(8-6-14)18-12-4-9-16-10-11-17/h5-8,13,16-17H,3-4,9-12H2,1-2H3/p+1/t13-/m0/s1. The summed E-state index contributed by atoms with van der Waals surface area (Å²) in [7, 11) is 0. The van der Waals surface area contributed by atoms with Crippen LogP contribution < -0.4 is 10.1 Å². The van der Waals surface area contributed by atoms with E-state index in [1.54, 1.807) is 0 Å². The van der Waals surface area contributed by atoms with E-state index < -0.39 is 0 Å². The van der Waals surface area contributed by atoms with Crippen molar-refractivity contribution in [2.45, 2.75) is 32.6 Å². The quantitative estimate of drug-likeness (QED) is 0.655. The molecule has 3 nitrogen and oxygen atoms in total. The van der Waals surface area contributed by atoms with Gasteiger partial charge in [0.05, 0.1) is 26.3 Å². The zero-order chi connectivity index (χ0) is 13.2. The molecule has 1 aromatic carbocycles. The fourth-order valence-electron chi connectivity index (χ4n) is 1.78. The Morgan fingerprint density at radius 3 is 2.56 bits per heavy atom. The minimum absolute atomic E-state index is 0.248. The fraction of sp³-hybridized carbons (Fsp3) is 0.600. The van der Waals surface area contributed by atoms with Crippen LogP contribution in [-0.4, -0.2) is 31.4 Å². The number of benzene rings is 1. The lowest BCUT2D eigenvalue weighted by Crippen LogP contribution is -2.85. The molecule has 3 N–H and O–H groups in total. The van der Waals surface area contributed by atoms with Crippen molar-refractivity contribution in [3.05, 3.63) is 29.8 Å². The van der Waals surface area contributed by atoms with E-state index in [0.717, 1.165) is 31.9 Å². The van der Waals surface area contributed by atoms with Gasteiger partial charge in [-0.05, 0) is 30.0 Å². The minimum atomic E-state index is 0.248. The van der Waals surface area contributed by atoms with Crippen LogP contribution in [0.25, 0.3) is 0 Å². The van der Waals surface area contributed by atoms with Gasteiger partial charge >= 0.3 is 0 Å². The largest absolute Gasteiger partial charge is 0.493 e. The van der Waals surface area contributed by atoms with Gasteiger partial charge in [-0.3, -0.25) is 0 Å². The highest BCUT2D eigenvalue weighted by molar-refractivity contribution is 5.29. The molecule has 0 saturated carbocycles. The Kier molecular flexibility index (Phi) is 7.46. The number of nitrogens with two attached hydrogens (primary N) is 1. The predicted molar refractivity (Wildman–Crippen MR) is 74.0 cm³/mol. The molecule has 1 rings (SSSR count). The molecule has 1 atom stereocenters. The van der Waals surface area contributed by atoms with Gasteiger partial charge in [-0.15, -0.1) is 0 Å². The maximum atomic E-state index is 8.63. The minimum Gasteiger partial charge on any atom is -0.493 e. The summed E-state index contributed by atoms with van der Waals surface area (Å²) in [4.78, 5) is 0. The summed E-state index contributed by atoms with van der Waals surface area (Å²) in [5, 5.41) is 10.7. The second-order valence-corrected chi connectivity index (χ2v) is 4.67. The van der Waals surface area contributed by atoms with Gasteiger partial charge in [-0.25, -0.2) is 0 Å². The maximum Gasteiger partial charge on any atom is 0.119 e. The van der Waals surface area contributed by atoms with E-state index in [4.69, 9.17) is 9.84 Å². The van der Waals surface area contributed by atoms with Crippen LogP contribution in [0.3, 0.4) is 0 Å². The van der Waals surface area contributed by atoms with Crippen LogP contribution in [0, 0.1) is 0 Å². The molecule has 0 saturated heterocycles. The average molecular weight is 252 g/mol. The molecule has 18 heavy (non-hydrogen) atoms. The van der Waals surface area contributed by atoms with Crippen LogP contribution in [0.2, 0.25) is 0 Å². The molecule has 3 heteroatoms. The van der Waals surface area contributed by atoms with E-state index in [1.807, 2.05) is 0 Å². The second-order valence-electron chi connectivity index (χ2n) is 4.67. The molecule has 0 amide bonds. The Morgan fingerprint density at radius 1 is 1.22 bits per heavy atom. The number of hydrogen-bond donors (Lipinski definition) is 2. The summed E-state index contributed by atoms with van der Waals surface area (Å²) >= 11 is 0. The number of quaternary nitrogens is 1. The van der Waals surface area contributed by atoms with E-state index in [1.165, 1.54) is 12.0 Å². The Hall–Kier alpha value is -1.06. The van der Waals surface area contributed by atoms with Gasteiger partial charge in [0.25, 0.3) is 0 Å². The summed E-state index contributed by atoms with van der Waals surface area (Å²) in [6, 6.07) is 8.42. The molecule has 102 valence electrons. The zero-order valence-electron chi connectivity index (χ0n) is 11.6. The van der Waals surface area contributed by atoms with Crippen molar-refractivity contribution in [2.75, 3.05) is 26.3 Å². The first-order chi connectivity index (χ1) is 8.77. The lowest BCUT2D eigenvalue weighted by Gasteiger charge is -2.10.